The van der Waals surface area contributed by atoms with Crippen LogP contribution in [0, 0.1) is 11.2 Å². The Hall–Kier alpha value is -2.67. The first-order valence-electron chi connectivity index (χ1n) is 7.77. The minimum absolute atomic E-state index is 0.147. The largest absolute Gasteiger partial charge is 0.497 e. The molecule has 1 heterocycles. The number of hydrogen-bond donors (Lipinski definition) is 2. The number of hydroxylamine groups is 1. The van der Waals surface area contributed by atoms with Crippen LogP contribution in [0.25, 0.3) is 11.1 Å². The molecule has 134 valence electrons. The fourth-order valence-electron chi connectivity index (χ4n) is 2.40. The number of methoxy groups -OCH3 is 1. The van der Waals surface area contributed by atoms with E-state index in [1.54, 1.807) is 43.6 Å². The lowest BCUT2D eigenvalue weighted by Gasteiger charge is -2.22. The molecule has 0 aliphatic heterocycles. The SMILES string of the molecule is COc1cccc(-c2cc(=O)n(CCC(C)(C)C(=O)NO)cc2F)c1. The number of carbonyl (C=O) groups is 1. The van der Waals surface area contributed by atoms with Gasteiger partial charge in [-0.15, -0.1) is 0 Å². The number of hydrogen-bond acceptors (Lipinski definition) is 4. The molecule has 1 amide bonds. The van der Waals surface area contributed by atoms with Gasteiger partial charge in [0.2, 0.25) is 5.91 Å². The van der Waals surface area contributed by atoms with E-state index in [1.165, 1.54) is 17.7 Å². The van der Waals surface area contributed by atoms with Crippen LogP contribution in [-0.4, -0.2) is 22.8 Å². The van der Waals surface area contributed by atoms with Gasteiger partial charge in [0.25, 0.3) is 5.56 Å². The van der Waals surface area contributed by atoms with Crippen molar-refractivity contribution < 1.29 is 19.1 Å². The summed E-state index contributed by atoms with van der Waals surface area (Å²) in [5, 5.41) is 8.73. The second-order valence-electron chi connectivity index (χ2n) is 6.37. The van der Waals surface area contributed by atoms with Gasteiger partial charge in [-0.2, -0.15) is 0 Å². The Balaban J connectivity index is 2.28. The van der Waals surface area contributed by atoms with E-state index < -0.39 is 17.1 Å². The second-order valence-corrected chi connectivity index (χ2v) is 6.37. The number of halogens is 1. The van der Waals surface area contributed by atoms with Crippen molar-refractivity contribution in [1.29, 1.82) is 0 Å². The molecule has 0 fully saturated rings. The third-order valence-corrected chi connectivity index (χ3v) is 4.15. The predicted octanol–water partition coefficient (Wildman–Crippen LogP) is 2.58. The number of aromatic nitrogens is 1. The smallest absolute Gasteiger partial charge is 0.251 e. The van der Waals surface area contributed by atoms with E-state index in [1.807, 2.05) is 0 Å². The van der Waals surface area contributed by atoms with E-state index in [4.69, 9.17) is 9.94 Å². The fraction of sp³-hybridized carbons (Fsp3) is 0.333. The highest BCUT2D eigenvalue weighted by atomic mass is 19.1. The van der Waals surface area contributed by atoms with Crippen molar-refractivity contribution in [3.05, 3.63) is 52.7 Å². The zero-order valence-corrected chi connectivity index (χ0v) is 14.4. The Kier molecular flexibility index (Phi) is 5.58. The molecule has 6 nitrogen and oxygen atoms in total. The highest BCUT2D eigenvalue weighted by Gasteiger charge is 2.27. The maximum atomic E-state index is 14.5. The number of amides is 1. The lowest BCUT2D eigenvalue weighted by Crippen LogP contribution is -2.36. The lowest BCUT2D eigenvalue weighted by molar-refractivity contribution is -0.138. The number of nitrogens with one attached hydrogen (secondary N) is 1. The van der Waals surface area contributed by atoms with Gasteiger partial charge in [-0.05, 0) is 24.1 Å². The standard InChI is InChI=1S/C18H21FN2O4/c1-18(2,17(23)20-24)7-8-21-11-15(19)14(10-16(21)22)12-5-4-6-13(9-12)25-3/h4-6,9-11,24H,7-8H2,1-3H3,(H,20,23). The summed E-state index contributed by atoms with van der Waals surface area (Å²) in [6.07, 6.45) is 1.39. The van der Waals surface area contributed by atoms with Gasteiger partial charge >= 0.3 is 0 Å². The zero-order chi connectivity index (χ0) is 18.6. The predicted molar refractivity (Wildman–Crippen MR) is 91.0 cm³/mol. The zero-order valence-electron chi connectivity index (χ0n) is 14.4. The van der Waals surface area contributed by atoms with Gasteiger partial charge in [0, 0.05) is 29.8 Å². The third kappa shape index (κ3) is 4.24. The molecule has 0 bridgehead atoms. The van der Waals surface area contributed by atoms with Crippen LogP contribution in [0.3, 0.4) is 0 Å². The van der Waals surface area contributed by atoms with Crippen molar-refractivity contribution in [2.45, 2.75) is 26.8 Å². The first-order chi connectivity index (χ1) is 11.8. The maximum Gasteiger partial charge on any atom is 0.251 e. The topological polar surface area (TPSA) is 80.6 Å². The Morgan fingerprint density at radius 2 is 2.08 bits per heavy atom. The van der Waals surface area contributed by atoms with Crippen LogP contribution in [0.5, 0.6) is 5.75 Å². The summed E-state index contributed by atoms with van der Waals surface area (Å²) in [4.78, 5) is 23.9. The summed E-state index contributed by atoms with van der Waals surface area (Å²) in [5.74, 6) is -0.538. The van der Waals surface area contributed by atoms with Crippen LogP contribution in [0.1, 0.15) is 20.3 Å². The molecule has 0 unspecified atom stereocenters. The van der Waals surface area contributed by atoms with Gasteiger partial charge in [0.15, 0.2) is 0 Å². The molecule has 2 aromatic rings. The normalized spacial score (nSPS) is 11.2. The highest BCUT2D eigenvalue weighted by Crippen LogP contribution is 2.26. The minimum atomic E-state index is -0.893. The van der Waals surface area contributed by atoms with Gasteiger partial charge in [-0.25, -0.2) is 9.87 Å². The molecule has 0 spiro atoms. The number of carbonyl (C=O) groups excluding carboxylic acids is 1. The fourth-order valence-corrected chi connectivity index (χ4v) is 2.40. The van der Waals surface area contributed by atoms with Crippen LogP contribution < -0.4 is 15.8 Å². The van der Waals surface area contributed by atoms with Crippen LogP contribution in [0.4, 0.5) is 4.39 Å². The number of aryl methyl sites for hydroxylation is 1. The number of benzene rings is 1. The summed E-state index contributed by atoms with van der Waals surface area (Å²) < 4.78 is 20.8. The van der Waals surface area contributed by atoms with Crippen molar-refractivity contribution in [1.82, 2.24) is 10.0 Å². The quantitative estimate of drug-likeness (QED) is 0.621. The first kappa shape index (κ1) is 18.7. The Morgan fingerprint density at radius 3 is 2.72 bits per heavy atom. The van der Waals surface area contributed by atoms with Crippen molar-refractivity contribution in [3.63, 3.8) is 0 Å². The maximum absolute atomic E-state index is 14.5. The monoisotopic (exact) mass is 348 g/mol. The molecule has 0 radical (unpaired) electrons. The van der Waals surface area contributed by atoms with Crippen LogP contribution in [0.15, 0.2) is 41.3 Å². The summed E-state index contributed by atoms with van der Waals surface area (Å²) in [6.45, 7) is 3.41. The van der Waals surface area contributed by atoms with Gasteiger partial charge in [0.1, 0.15) is 11.6 Å². The first-order valence-corrected chi connectivity index (χ1v) is 7.77. The van der Waals surface area contributed by atoms with E-state index >= 15 is 0 Å². The van der Waals surface area contributed by atoms with Crippen molar-refractivity contribution >= 4 is 5.91 Å². The lowest BCUT2D eigenvalue weighted by atomic mass is 9.88. The molecule has 7 heteroatoms. The Bertz CT molecular complexity index is 830. The van der Waals surface area contributed by atoms with Gasteiger partial charge < -0.3 is 9.30 Å². The van der Waals surface area contributed by atoms with Crippen molar-refractivity contribution in [2.75, 3.05) is 7.11 Å². The molecule has 2 rings (SSSR count). The third-order valence-electron chi connectivity index (χ3n) is 4.15. The van der Waals surface area contributed by atoms with E-state index in [0.29, 0.717) is 11.3 Å². The number of ether oxygens (including phenoxy) is 1. The van der Waals surface area contributed by atoms with E-state index in [0.717, 1.165) is 6.20 Å². The summed E-state index contributed by atoms with van der Waals surface area (Å²) >= 11 is 0. The molecule has 0 aliphatic rings. The van der Waals surface area contributed by atoms with Gasteiger partial charge in [-0.1, -0.05) is 26.0 Å². The number of pyridine rings is 1. The molecular weight excluding hydrogens is 327 g/mol. The summed E-state index contributed by atoms with van der Waals surface area (Å²) in [5.41, 5.74) is 1.06. The van der Waals surface area contributed by atoms with Gasteiger partial charge in [-0.3, -0.25) is 14.8 Å². The van der Waals surface area contributed by atoms with Crippen LogP contribution in [-0.2, 0) is 11.3 Å². The molecular formula is C18H21FN2O4. The van der Waals surface area contributed by atoms with E-state index in [9.17, 15) is 14.0 Å². The van der Waals surface area contributed by atoms with Crippen LogP contribution >= 0.6 is 0 Å². The molecule has 0 aliphatic carbocycles. The Labute approximate surface area is 144 Å². The molecule has 2 N–H and O–H groups in total. The molecule has 1 aromatic carbocycles. The average Bonchev–Trinajstić information content (AvgIpc) is 2.61. The second kappa shape index (κ2) is 7.48. The summed E-state index contributed by atoms with van der Waals surface area (Å²) in [6, 6.07) is 8.02. The summed E-state index contributed by atoms with van der Waals surface area (Å²) in [7, 11) is 1.51. The highest BCUT2D eigenvalue weighted by molar-refractivity contribution is 5.80. The average molecular weight is 348 g/mol. The molecule has 0 saturated heterocycles. The number of nitrogens with zero attached hydrogens (tertiary/aromatic N) is 1. The molecule has 25 heavy (non-hydrogen) atoms. The van der Waals surface area contributed by atoms with Crippen LogP contribution in [0.2, 0.25) is 0 Å². The Morgan fingerprint density at radius 1 is 1.36 bits per heavy atom. The van der Waals surface area contributed by atoms with E-state index in [2.05, 4.69) is 0 Å². The van der Waals surface area contributed by atoms with Crippen molar-refractivity contribution in [2.24, 2.45) is 5.41 Å². The molecule has 1 aromatic heterocycles. The number of rotatable bonds is 6. The van der Waals surface area contributed by atoms with E-state index in [-0.39, 0.29) is 24.1 Å². The molecule has 0 saturated carbocycles. The van der Waals surface area contributed by atoms with Gasteiger partial charge in [0.05, 0.1) is 7.11 Å². The minimum Gasteiger partial charge on any atom is -0.497 e. The molecule has 0 atom stereocenters. The van der Waals surface area contributed by atoms with Crippen molar-refractivity contribution in [3.8, 4) is 16.9 Å².